The Bertz CT molecular complexity index is 424. The van der Waals surface area contributed by atoms with Gasteiger partial charge in [0.2, 0.25) is 5.91 Å². The van der Waals surface area contributed by atoms with E-state index in [4.69, 9.17) is 23.2 Å². The van der Waals surface area contributed by atoms with Gasteiger partial charge in [-0.05, 0) is 44.0 Å². The van der Waals surface area contributed by atoms with Gasteiger partial charge in [0.25, 0.3) is 0 Å². The van der Waals surface area contributed by atoms with E-state index in [-0.39, 0.29) is 11.9 Å². The second kappa shape index (κ2) is 8.41. The highest BCUT2D eigenvalue weighted by atomic mass is 35.5. The first kappa shape index (κ1) is 16.3. The normalized spacial score (nSPS) is 12.2. The molecule has 5 heteroatoms. The SMILES string of the molecule is CCC(C)NC(=O)CNCCc1ccc(Cl)cc1Cl. The fourth-order valence-corrected chi connectivity index (χ4v) is 2.08. The summed E-state index contributed by atoms with van der Waals surface area (Å²) in [7, 11) is 0. The van der Waals surface area contributed by atoms with Gasteiger partial charge in [-0.15, -0.1) is 0 Å². The van der Waals surface area contributed by atoms with Gasteiger partial charge >= 0.3 is 0 Å². The van der Waals surface area contributed by atoms with Crippen LogP contribution in [0.5, 0.6) is 0 Å². The van der Waals surface area contributed by atoms with Crippen molar-refractivity contribution in [1.29, 1.82) is 0 Å². The summed E-state index contributed by atoms with van der Waals surface area (Å²) < 4.78 is 0. The molecule has 0 heterocycles. The summed E-state index contributed by atoms with van der Waals surface area (Å²) in [5.41, 5.74) is 1.03. The molecule has 0 saturated carbocycles. The minimum Gasteiger partial charge on any atom is -0.353 e. The van der Waals surface area contributed by atoms with E-state index in [1.807, 2.05) is 26.0 Å². The number of carbonyl (C=O) groups is 1. The second-order valence-corrected chi connectivity index (χ2v) is 5.38. The number of hydrogen-bond acceptors (Lipinski definition) is 2. The third kappa shape index (κ3) is 6.28. The zero-order valence-electron chi connectivity index (χ0n) is 11.3. The van der Waals surface area contributed by atoms with Crippen molar-refractivity contribution in [3.8, 4) is 0 Å². The Hall–Kier alpha value is -0.770. The van der Waals surface area contributed by atoms with Crippen LogP contribution in [-0.2, 0) is 11.2 Å². The van der Waals surface area contributed by atoms with Gasteiger partial charge < -0.3 is 10.6 Å². The molecular weight excluding hydrogens is 283 g/mol. The Morgan fingerprint density at radius 1 is 1.37 bits per heavy atom. The summed E-state index contributed by atoms with van der Waals surface area (Å²) in [5, 5.41) is 7.30. The molecule has 0 bridgehead atoms. The topological polar surface area (TPSA) is 41.1 Å². The molecule has 3 nitrogen and oxygen atoms in total. The van der Waals surface area contributed by atoms with Crippen molar-refractivity contribution in [1.82, 2.24) is 10.6 Å². The van der Waals surface area contributed by atoms with Crippen LogP contribution >= 0.6 is 23.2 Å². The molecule has 2 N–H and O–H groups in total. The van der Waals surface area contributed by atoms with Crippen LogP contribution in [0.4, 0.5) is 0 Å². The molecule has 1 aromatic carbocycles. The molecule has 0 spiro atoms. The molecule has 0 saturated heterocycles. The molecule has 1 atom stereocenters. The molecule has 1 rings (SSSR count). The monoisotopic (exact) mass is 302 g/mol. The van der Waals surface area contributed by atoms with Gasteiger partial charge in [0.15, 0.2) is 0 Å². The van der Waals surface area contributed by atoms with Crippen molar-refractivity contribution in [2.75, 3.05) is 13.1 Å². The number of halogens is 2. The highest BCUT2D eigenvalue weighted by molar-refractivity contribution is 6.35. The molecule has 1 aromatic rings. The van der Waals surface area contributed by atoms with Crippen molar-refractivity contribution in [3.63, 3.8) is 0 Å². The first-order valence-corrected chi connectivity index (χ1v) is 7.22. The van der Waals surface area contributed by atoms with Crippen molar-refractivity contribution < 1.29 is 4.79 Å². The lowest BCUT2D eigenvalue weighted by molar-refractivity contribution is -0.120. The molecule has 0 aromatic heterocycles. The Morgan fingerprint density at radius 2 is 2.11 bits per heavy atom. The predicted molar refractivity (Wildman–Crippen MR) is 80.9 cm³/mol. The number of amides is 1. The molecule has 0 aliphatic heterocycles. The van der Waals surface area contributed by atoms with Crippen molar-refractivity contribution >= 4 is 29.1 Å². The number of benzene rings is 1. The van der Waals surface area contributed by atoms with Gasteiger partial charge in [0.05, 0.1) is 6.54 Å². The molecule has 1 unspecified atom stereocenters. The Morgan fingerprint density at radius 3 is 2.74 bits per heavy atom. The third-order valence-electron chi connectivity index (χ3n) is 2.89. The fourth-order valence-electron chi connectivity index (χ4n) is 1.58. The lowest BCUT2D eigenvalue weighted by atomic mass is 10.1. The molecule has 1 amide bonds. The average Bonchev–Trinajstić information content (AvgIpc) is 2.36. The van der Waals surface area contributed by atoms with Gasteiger partial charge in [-0.25, -0.2) is 0 Å². The lowest BCUT2D eigenvalue weighted by Crippen LogP contribution is -2.39. The highest BCUT2D eigenvalue weighted by Crippen LogP contribution is 2.20. The predicted octanol–water partition coefficient (Wildman–Crippen LogP) is 3.04. The molecule has 19 heavy (non-hydrogen) atoms. The van der Waals surface area contributed by atoms with Gasteiger partial charge in [-0.1, -0.05) is 36.2 Å². The molecule has 0 aliphatic carbocycles. The van der Waals surface area contributed by atoms with E-state index < -0.39 is 0 Å². The van der Waals surface area contributed by atoms with Crippen LogP contribution in [-0.4, -0.2) is 25.0 Å². The minimum atomic E-state index is 0.0246. The van der Waals surface area contributed by atoms with Gasteiger partial charge in [0.1, 0.15) is 0 Å². The number of hydrogen-bond donors (Lipinski definition) is 2. The fraction of sp³-hybridized carbons (Fsp3) is 0.500. The average molecular weight is 303 g/mol. The number of nitrogens with one attached hydrogen (secondary N) is 2. The van der Waals surface area contributed by atoms with E-state index >= 15 is 0 Å². The van der Waals surface area contributed by atoms with Gasteiger partial charge in [-0.2, -0.15) is 0 Å². The van der Waals surface area contributed by atoms with Crippen LogP contribution in [0.25, 0.3) is 0 Å². The smallest absolute Gasteiger partial charge is 0.234 e. The summed E-state index contributed by atoms with van der Waals surface area (Å²) in [4.78, 5) is 11.5. The number of carbonyl (C=O) groups excluding carboxylic acids is 1. The second-order valence-electron chi connectivity index (χ2n) is 4.54. The third-order valence-corrected chi connectivity index (χ3v) is 3.48. The van der Waals surface area contributed by atoms with Gasteiger partial charge in [0, 0.05) is 16.1 Å². The Balaban J connectivity index is 2.25. The molecule has 0 aliphatic rings. The van der Waals surface area contributed by atoms with Crippen LogP contribution in [0.1, 0.15) is 25.8 Å². The van der Waals surface area contributed by atoms with Crippen LogP contribution in [0.15, 0.2) is 18.2 Å². The summed E-state index contributed by atoms with van der Waals surface area (Å²) in [5.74, 6) is 0.0246. The van der Waals surface area contributed by atoms with Crippen LogP contribution in [0.3, 0.4) is 0 Å². The van der Waals surface area contributed by atoms with E-state index in [0.29, 0.717) is 23.1 Å². The zero-order valence-corrected chi connectivity index (χ0v) is 12.8. The van der Waals surface area contributed by atoms with Crippen LogP contribution in [0.2, 0.25) is 10.0 Å². The number of rotatable bonds is 7. The lowest BCUT2D eigenvalue weighted by Gasteiger charge is -2.12. The molecule has 0 radical (unpaired) electrons. The molecule has 0 fully saturated rings. The van der Waals surface area contributed by atoms with E-state index in [1.54, 1.807) is 6.07 Å². The molecule has 106 valence electrons. The van der Waals surface area contributed by atoms with Crippen molar-refractivity contribution in [2.45, 2.75) is 32.7 Å². The van der Waals surface area contributed by atoms with Crippen LogP contribution in [0, 0.1) is 0 Å². The maximum atomic E-state index is 11.5. The largest absolute Gasteiger partial charge is 0.353 e. The van der Waals surface area contributed by atoms with E-state index in [1.165, 1.54) is 0 Å². The summed E-state index contributed by atoms with van der Waals surface area (Å²) in [6, 6.07) is 5.68. The van der Waals surface area contributed by atoms with Crippen molar-refractivity contribution in [3.05, 3.63) is 33.8 Å². The van der Waals surface area contributed by atoms with Crippen molar-refractivity contribution in [2.24, 2.45) is 0 Å². The quantitative estimate of drug-likeness (QED) is 0.760. The Labute approximate surface area is 124 Å². The summed E-state index contributed by atoms with van der Waals surface area (Å²) >= 11 is 11.9. The van der Waals surface area contributed by atoms with E-state index in [0.717, 1.165) is 18.4 Å². The maximum absolute atomic E-state index is 11.5. The maximum Gasteiger partial charge on any atom is 0.234 e. The van der Waals surface area contributed by atoms with E-state index in [9.17, 15) is 4.79 Å². The van der Waals surface area contributed by atoms with E-state index in [2.05, 4.69) is 10.6 Å². The minimum absolute atomic E-state index is 0.0246. The highest BCUT2D eigenvalue weighted by Gasteiger charge is 2.05. The first-order chi connectivity index (χ1) is 9.02. The standard InChI is InChI=1S/C14H20Cl2N2O/c1-3-10(2)18-14(19)9-17-7-6-11-4-5-12(15)8-13(11)16/h4-5,8,10,17H,3,6-7,9H2,1-2H3,(H,18,19). The molecular formula is C14H20Cl2N2O. The summed E-state index contributed by atoms with van der Waals surface area (Å²) in [6.07, 6.45) is 1.71. The zero-order chi connectivity index (χ0) is 14.3. The van der Waals surface area contributed by atoms with Crippen LogP contribution < -0.4 is 10.6 Å². The first-order valence-electron chi connectivity index (χ1n) is 6.47. The Kier molecular flexibility index (Phi) is 7.21. The van der Waals surface area contributed by atoms with Gasteiger partial charge in [-0.3, -0.25) is 4.79 Å². The summed E-state index contributed by atoms with van der Waals surface area (Å²) in [6.45, 7) is 5.07.